The standard InChI is InChI=1S/C22H27N5O2/c1-22(2,3)28-21-18(23-11-12-24-21)15-27-13-9-17(10-14-27)20-25-19(26-29-20)16-7-5-4-6-8-16/h4-8,11-12,17H,9-10,13-15H2,1-3H3. The first kappa shape index (κ1) is 19.5. The fourth-order valence-electron chi connectivity index (χ4n) is 3.49. The highest BCUT2D eigenvalue weighted by Gasteiger charge is 2.27. The summed E-state index contributed by atoms with van der Waals surface area (Å²) >= 11 is 0. The number of benzene rings is 1. The van der Waals surface area contributed by atoms with Crippen LogP contribution in [0.4, 0.5) is 0 Å². The Labute approximate surface area is 171 Å². The Morgan fingerprint density at radius 3 is 2.52 bits per heavy atom. The molecule has 4 rings (SSSR count). The first-order valence-corrected chi connectivity index (χ1v) is 10.1. The van der Waals surface area contributed by atoms with Crippen LogP contribution < -0.4 is 4.74 Å². The molecule has 0 bridgehead atoms. The van der Waals surface area contributed by atoms with Crippen LogP contribution in [0.1, 0.15) is 51.1 Å². The van der Waals surface area contributed by atoms with Crippen molar-refractivity contribution >= 4 is 0 Å². The number of likely N-dealkylation sites (tertiary alicyclic amines) is 1. The lowest BCUT2D eigenvalue weighted by Crippen LogP contribution is -2.33. The van der Waals surface area contributed by atoms with Crippen molar-refractivity contribution in [3.05, 3.63) is 54.3 Å². The molecule has 0 N–H and O–H groups in total. The summed E-state index contributed by atoms with van der Waals surface area (Å²) in [5.41, 5.74) is 1.56. The third kappa shape index (κ3) is 4.98. The maximum atomic E-state index is 5.98. The Morgan fingerprint density at radius 1 is 1.07 bits per heavy atom. The molecule has 3 heterocycles. The molecule has 1 aliphatic heterocycles. The molecule has 3 aromatic rings. The Hall–Kier alpha value is -2.80. The van der Waals surface area contributed by atoms with Gasteiger partial charge in [-0.2, -0.15) is 4.98 Å². The van der Waals surface area contributed by atoms with Gasteiger partial charge in [0.05, 0.1) is 0 Å². The minimum Gasteiger partial charge on any atom is -0.471 e. The molecule has 0 unspecified atom stereocenters. The smallest absolute Gasteiger partial charge is 0.237 e. The molecule has 0 radical (unpaired) electrons. The molecule has 2 aromatic heterocycles. The molecule has 0 aliphatic carbocycles. The molecule has 29 heavy (non-hydrogen) atoms. The topological polar surface area (TPSA) is 77.2 Å². The zero-order valence-corrected chi connectivity index (χ0v) is 17.2. The van der Waals surface area contributed by atoms with E-state index in [0.717, 1.165) is 49.6 Å². The molecule has 7 nitrogen and oxygen atoms in total. The number of ether oxygens (including phenoxy) is 1. The minimum absolute atomic E-state index is 0.295. The lowest BCUT2D eigenvalue weighted by Gasteiger charge is -2.30. The van der Waals surface area contributed by atoms with Gasteiger partial charge in [-0.15, -0.1) is 0 Å². The summed E-state index contributed by atoms with van der Waals surface area (Å²) < 4.78 is 11.5. The largest absolute Gasteiger partial charge is 0.471 e. The van der Waals surface area contributed by atoms with Crippen molar-refractivity contribution < 1.29 is 9.26 Å². The average Bonchev–Trinajstić information content (AvgIpc) is 3.20. The van der Waals surface area contributed by atoms with Gasteiger partial charge in [0, 0.05) is 30.4 Å². The first-order chi connectivity index (χ1) is 14.0. The SMILES string of the molecule is CC(C)(C)Oc1nccnc1CN1CCC(c2nc(-c3ccccc3)no2)CC1. The Morgan fingerprint density at radius 2 is 1.79 bits per heavy atom. The van der Waals surface area contributed by atoms with E-state index in [1.165, 1.54) is 0 Å². The van der Waals surface area contributed by atoms with E-state index in [2.05, 4.69) is 25.0 Å². The van der Waals surface area contributed by atoms with E-state index in [9.17, 15) is 0 Å². The molecule has 0 amide bonds. The van der Waals surface area contributed by atoms with Gasteiger partial charge in [-0.05, 0) is 46.7 Å². The van der Waals surface area contributed by atoms with Gasteiger partial charge in [0.25, 0.3) is 0 Å². The molecule has 1 saturated heterocycles. The van der Waals surface area contributed by atoms with Crippen molar-refractivity contribution in [2.75, 3.05) is 13.1 Å². The summed E-state index contributed by atoms with van der Waals surface area (Å²) in [4.78, 5) is 15.9. The van der Waals surface area contributed by atoms with Crippen LogP contribution in [0.3, 0.4) is 0 Å². The molecule has 1 aliphatic rings. The normalized spacial score (nSPS) is 16.1. The van der Waals surface area contributed by atoms with E-state index in [1.54, 1.807) is 12.4 Å². The first-order valence-electron chi connectivity index (χ1n) is 10.1. The Bertz CT molecular complexity index is 928. The van der Waals surface area contributed by atoms with Crippen molar-refractivity contribution in [1.82, 2.24) is 25.0 Å². The van der Waals surface area contributed by atoms with Gasteiger partial charge in [-0.1, -0.05) is 35.5 Å². The van der Waals surface area contributed by atoms with Gasteiger partial charge in [0.1, 0.15) is 11.3 Å². The zero-order valence-electron chi connectivity index (χ0n) is 17.2. The summed E-state index contributed by atoms with van der Waals surface area (Å²) in [7, 11) is 0. The van der Waals surface area contributed by atoms with Crippen LogP contribution in [0.5, 0.6) is 5.88 Å². The van der Waals surface area contributed by atoms with Crippen LogP contribution in [0.15, 0.2) is 47.2 Å². The fourth-order valence-corrected chi connectivity index (χ4v) is 3.49. The predicted molar refractivity (Wildman–Crippen MR) is 109 cm³/mol. The summed E-state index contributed by atoms with van der Waals surface area (Å²) in [5.74, 6) is 2.31. The maximum Gasteiger partial charge on any atom is 0.237 e. The number of piperidine rings is 1. The van der Waals surface area contributed by atoms with E-state index >= 15 is 0 Å². The number of aromatic nitrogens is 4. The summed E-state index contributed by atoms with van der Waals surface area (Å²) in [5, 5.41) is 4.16. The predicted octanol–water partition coefficient (Wildman–Crippen LogP) is 4.08. The molecular weight excluding hydrogens is 366 g/mol. The Kier molecular flexibility index (Phi) is 5.58. The fraction of sp³-hybridized carbons (Fsp3) is 0.455. The molecule has 0 spiro atoms. The Balaban J connectivity index is 1.37. The third-order valence-electron chi connectivity index (χ3n) is 4.92. The zero-order chi connectivity index (χ0) is 20.3. The summed E-state index contributed by atoms with van der Waals surface area (Å²) in [6.07, 6.45) is 5.36. The second-order valence-electron chi connectivity index (χ2n) is 8.40. The van der Waals surface area contributed by atoms with Crippen molar-refractivity contribution in [2.24, 2.45) is 0 Å². The van der Waals surface area contributed by atoms with E-state index < -0.39 is 0 Å². The van der Waals surface area contributed by atoms with E-state index in [1.807, 2.05) is 51.1 Å². The highest BCUT2D eigenvalue weighted by atomic mass is 16.5. The maximum absolute atomic E-state index is 5.98. The van der Waals surface area contributed by atoms with Gasteiger partial charge in [-0.25, -0.2) is 4.98 Å². The lowest BCUT2D eigenvalue weighted by molar-refractivity contribution is 0.117. The van der Waals surface area contributed by atoms with E-state index in [-0.39, 0.29) is 5.60 Å². The number of hydrogen-bond acceptors (Lipinski definition) is 7. The van der Waals surface area contributed by atoms with Crippen molar-refractivity contribution in [3.63, 3.8) is 0 Å². The van der Waals surface area contributed by atoms with Crippen molar-refractivity contribution in [3.8, 4) is 17.3 Å². The molecule has 7 heteroatoms. The molecular formula is C22H27N5O2. The van der Waals surface area contributed by atoms with Gasteiger partial charge < -0.3 is 9.26 Å². The monoisotopic (exact) mass is 393 g/mol. The second kappa shape index (κ2) is 8.29. The van der Waals surface area contributed by atoms with Crippen LogP contribution in [0.25, 0.3) is 11.4 Å². The van der Waals surface area contributed by atoms with Crippen LogP contribution in [0, 0.1) is 0 Å². The highest BCUT2D eigenvalue weighted by molar-refractivity contribution is 5.53. The summed E-state index contributed by atoms with van der Waals surface area (Å²) in [6, 6.07) is 9.93. The van der Waals surface area contributed by atoms with E-state index in [0.29, 0.717) is 17.6 Å². The van der Waals surface area contributed by atoms with Crippen molar-refractivity contribution in [1.29, 1.82) is 0 Å². The van der Waals surface area contributed by atoms with Gasteiger partial charge in [0.2, 0.25) is 17.6 Å². The average molecular weight is 393 g/mol. The third-order valence-corrected chi connectivity index (χ3v) is 4.92. The van der Waals surface area contributed by atoms with Gasteiger partial charge >= 0.3 is 0 Å². The number of nitrogens with zero attached hydrogens (tertiary/aromatic N) is 5. The molecule has 0 saturated carbocycles. The summed E-state index contributed by atoms with van der Waals surface area (Å²) in [6.45, 7) is 8.67. The molecule has 1 aromatic carbocycles. The van der Waals surface area contributed by atoms with Gasteiger partial charge in [0.15, 0.2) is 0 Å². The highest BCUT2D eigenvalue weighted by Crippen LogP contribution is 2.30. The minimum atomic E-state index is -0.299. The van der Waals surface area contributed by atoms with Crippen LogP contribution in [-0.2, 0) is 6.54 Å². The number of hydrogen-bond donors (Lipinski definition) is 0. The quantitative estimate of drug-likeness (QED) is 0.646. The van der Waals surface area contributed by atoms with Crippen LogP contribution in [0.2, 0.25) is 0 Å². The molecule has 152 valence electrons. The van der Waals surface area contributed by atoms with Crippen LogP contribution >= 0.6 is 0 Å². The second-order valence-corrected chi connectivity index (χ2v) is 8.40. The van der Waals surface area contributed by atoms with Crippen LogP contribution in [-0.4, -0.2) is 43.7 Å². The van der Waals surface area contributed by atoms with Crippen molar-refractivity contribution in [2.45, 2.75) is 51.7 Å². The molecule has 1 fully saturated rings. The molecule has 0 atom stereocenters. The number of rotatable bonds is 5. The lowest BCUT2D eigenvalue weighted by atomic mass is 9.96. The van der Waals surface area contributed by atoms with Gasteiger partial charge in [-0.3, -0.25) is 9.88 Å². The van der Waals surface area contributed by atoms with E-state index in [4.69, 9.17) is 9.26 Å².